The molecule has 3 aromatic rings. The molecule has 0 aliphatic rings. The van der Waals surface area contributed by atoms with Crippen LogP contribution in [0.1, 0.15) is 10.4 Å². The number of carboxylic acid groups (broad SMARTS) is 1. The second kappa shape index (κ2) is 6.77. The van der Waals surface area contributed by atoms with Crippen molar-refractivity contribution >= 4 is 17.6 Å². The van der Waals surface area contributed by atoms with Gasteiger partial charge in [-0.3, -0.25) is 0 Å². The molecule has 0 aliphatic heterocycles. The molecular weight excluding hydrogens is 324 g/mol. The summed E-state index contributed by atoms with van der Waals surface area (Å²) in [5, 5.41) is 9.66. The minimum absolute atomic E-state index is 0.266. The largest absolute Gasteiger partial charge is 0.496 e. The summed E-state index contributed by atoms with van der Waals surface area (Å²) in [7, 11) is 1.63. The standard InChI is InChI=1S/C20H15ClO3/c1-24-19-10-9-15(13-5-7-14(8-6-13)20(22)23)12-18(19)16-3-2-4-17(21)11-16/h2-12H,1H3,(H,22,23). The second-order valence-corrected chi connectivity index (χ2v) is 5.74. The number of methoxy groups -OCH3 is 1. The van der Waals surface area contributed by atoms with Crippen molar-refractivity contribution in [3.63, 3.8) is 0 Å². The lowest BCUT2D eigenvalue weighted by atomic mass is 9.97. The topological polar surface area (TPSA) is 46.5 Å². The number of halogens is 1. The van der Waals surface area contributed by atoms with E-state index in [2.05, 4.69) is 0 Å². The summed E-state index contributed by atoms with van der Waals surface area (Å²) < 4.78 is 5.46. The van der Waals surface area contributed by atoms with Crippen LogP contribution in [-0.2, 0) is 0 Å². The van der Waals surface area contributed by atoms with Crippen molar-refractivity contribution in [2.45, 2.75) is 0 Å². The maximum atomic E-state index is 11.0. The molecule has 3 aromatic carbocycles. The SMILES string of the molecule is COc1ccc(-c2ccc(C(=O)O)cc2)cc1-c1cccc(Cl)c1. The average Bonchev–Trinajstić information content (AvgIpc) is 2.61. The van der Waals surface area contributed by atoms with E-state index < -0.39 is 5.97 Å². The summed E-state index contributed by atoms with van der Waals surface area (Å²) in [6.07, 6.45) is 0. The van der Waals surface area contributed by atoms with Crippen LogP contribution in [-0.4, -0.2) is 18.2 Å². The van der Waals surface area contributed by atoms with E-state index in [1.807, 2.05) is 42.5 Å². The van der Waals surface area contributed by atoms with Gasteiger partial charge in [0.1, 0.15) is 5.75 Å². The van der Waals surface area contributed by atoms with E-state index >= 15 is 0 Å². The van der Waals surface area contributed by atoms with E-state index in [0.29, 0.717) is 5.02 Å². The summed E-state index contributed by atoms with van der Waals surface area (Å²) in [5.41, 5.74) is 4.07. The first-order valence-corrected chi connectivity index (χ1v) is 7.74. The molecule has 0 atom stereocenters. The van der Waals surface area contributed by atoms with Gasteiger partial charge in [0.05, 0.1) is 12.7 Å². The van der Waals surface area contributed by atoms with Crippen molar-refractivity contribution in [1.29, 1.82) is 0 Å². The molecule has 3 nitrogen and oxygen atoms in total. The van der Waals surface area contributed by atoms with E-state index in [1.54, 1.807) is 31.4 Å². The summed E-state index contributed by atoms with van der Waals surface area (Å²) in [6.45, 7) is 0. The molecule has 0 bridgehead atoms. The summed E-state index contributed by atoms with van der Waals surface area (Å²) in [5.74, 6) is -0.181. The van der Waals surface area contributed by atoms with Crippen LogP contribution in [0.5, 0.6) is 5.75 Å². The van der Waals surface area contributed by atoms with Gasteiger partial charge < -0.3 is 9.84 Å². The quantitative estimate of drug-likeness (QED) is 0.694. The molecule has 3 rings (SSSR count). The fourth-order valence-corrected chi connectivity index (χ4v) is 2.76. The molecule has 1 N–H and O–H groups in total. The van der Waals surface area contributed by atoms with E-state index in [9.17, 15) is 4.79 Å². The zero-order valence-corrected chi connectivity index (χ0v) is 13.7. The van der Waals surface area contributed by atoms with Crippen LogP contribution in [0, 0.1) is 0 Å². The zero-order chi connectivity index (χ0) is 17.1. The highest BCUT2D eigenvalue weighted by Gasteiger charge is 2.10. The number of rotatable bonds is 4. The molecule has 0 aromatic heterocycles. The average molecular weight is 339 g/mol. The Morgan fingerprint density at radius 2 is 1.62 bits per heavy atom. The molecule has 120 valence electrons. The number of hydrogen-bond acceptors (Lipinski definition) is 2. The lowest BCUT2D eigenvalue weighted by Gasteiger charge is -2.12. The van der Waals surface area contributed by atoms with Gasteiger partial charge in [0.15, 0.2) is 0 Å². The molecule has 0 unspecified atom stereocenters. The van der Waals surface area contributed by atoms with Crippen molar-refractivity contribution in [1.82, 2.24) is 0 Å². The molecule has 24 heavy (non-hydrogen) atoms. The van der Waals surface area contributed by atoms with Crippen molar-refractivity contribution in [2.24, 2.45) is 0 Å². The molecule has 0 amide bonds. The molecule has 4 heteroatoms. The van der Waals surface area contributed by atoms with E-state index in [1.165, 1.54) is 0 Å². The number of hydrogen-bond donors (Lipinski definition) is 1. The molecular formula is C20H15ClO3. The molecule has 0 radical (unpaired) electrons. The number of aromatic carboxylic acids is 1. The lowest BCUT2D eigenvalue weighted by Crippen LogP contribution is -1.95. The first kappa shape index (κ1) is 16.1. The molecule has 0 aliphatic carbocycles. The predicted molar refractivity (Wildman–Crippen MR) is 95.8 cm³/mol. The predicted octanol–water partition coefficient (Wildman–Crippen LogP) is 5.38. The van der Waals surface area contributed by atoms with Crippen LogP contribution in [0.4, 0.5) is 0 Å². The number of ether oxygens (including phenoxy) is 1. The van der Waals surface area contributed by atoms with Crippen molar-refractivity contribution in [3.05, 3.63) is 77.3 Å². The summed E-state index contributed by atoms with van der Waals surface area (Å²) in [6, 6.07) is 20.2. The summed E-state index contributed by atoms with van der Waals surface area (Å²) >= 11 is 6.10. The van der Waals surface area contributed by atoms with E-state index in [0.717, 1.165) is 28.0 Å². The molecule has 0 heterocycles. The second-order valence-electron chi connectivity index (χ2n) is 5.31. The molecule has 0 saturated carbocycles. The van der Waals surface area contributed by atoms with Crippen LogP contribution < -0.4 is 4.74 Å². The Kier molecular flexibility index (Phi) is 4.54. The fourth-order valence-electron chi connectivity index (χ4n) is 2.57. The highest BCUT2D eigenvalue weighted by Crippen LogP contribution is 2.35. The van der Waals surface area contributed by atoms with Gasteiger partial charge in [0, 0.05) is 10.6 Å². The smallest absolute Gasteiger partial charge is 0.335 e. The van der Waals surface area contributed by atoms with Gasteiger partial charge in [0.25, 0.3) is 0 Å². The minimum Gasteiger partial charge on any atom is -0.496 e. The third-order valence-corrected chi connectivity index (χ3v) is 4.04. The number of carbonyl (C=O) groups is 1. The first-order valence-electron chi connectivity index (χ1n) is 7.36. The normalized spacial score (nSPS) is 10.4. The summed E-state index contributed by atoms with van der Waals surface area (Å²) in [4.78, 5) is 11.0. The Balaban J connectivity index is 2.07. The molecule has 0 spiro atoms. The Hall–Kier alpha value is -2.78. The van der Waals surface area contributed by atoms with Crippen LogP contribution in [0.15, 0.2) is 66.7 Å². The van der Waals surface area contributed by atoms with Crippen LogP contribution >= 0.6 is 11.6 Å². The zero-order valence-electron chi connectivity index (χ0n) is 13.0. The third-order valence-electron chi connectivity index (χ3n) is 3.80. The van der Waals surface area contributed by atoms with Gasteiger partial charge in [-0.2, -0.15) is 0 Å². The van der Waals surface area contributed by atoms with Gasteiger partial charge in [-0.25, -0.2) is 4.79 Å². The first-order chi connectivity index (χ1) is 11.6. The van der Waals surface area contributed by atoms with Crippen LogP contribution in [0.2, 0.25) is 5.02 Å². The number of benzene rings is 3. The number of carboxylic acids is 1. The van der Waals surface area contributed by atoms with Crippen LogP contribution in [0.25, 0.3) is 22.3 Å². The van der Waals surface area contributed by atoms with Gasteiger partial charge >= 0.3 is 5.97 Å². The lowest BCUT2D eigenvalue weighted by molar-refractivity contribution is 0.0697. The van der Waals surface area contributed by atoms with Crippen molar-refractivity contribution in [2.75, 3.05) is 7.11 Å². The maximum absolute atomic E-state index is 11.0. The fraction of sp³-hybridized carbons (Fsp3) is 0.0500. The Morgan fingerprint density at radius 1 is 0.917 bits per heavy atom. The van der Waals surface area contributed by atoms with E-state index in [-0.39, 0.29) is 5.56 Å². The van der Waals surface area contributed by atoms with Gasteiger partial charge in [0.2, 0.25) is 0 Å². The highest BCUT2D eigenvalue weighted by molar-refractivity contribution is 6.30. The Bertz CT molecular complexity index is 886. The van der Waals surface area contributed by atoms with Gasteiger partial charge in [-0.1, -0.05) is 41.9 Å². The highest BCUT2D eigenvalue weighted by atomic mass is 35.5. The monoisotopic (exact) mass is 338 g/mol. The van der Waals surface area contributed by atoms with E-state index in [4.69, 9.17) is 21.4 Å². The third kappa shape index (κ3) is 3.26. The Labute approximate surface area is 145 Å². The molecule has 0 fully saturated rings. The van der Waals surface area contributed by atoms with Gasteiger partial charge in [-0.05, 0) is 53.1 Å². The van der Waals surface area contributed by atoms with Crippen LogP contribution in [0.3, 0.4) is 0 Å². The van der Waals surface area contributed by atoms with Crippen molar-refractivity contribution in [3.8, 4) is 28.0 Å². The van der Waals surface area contributed by atoms with Gasteiger partial charge in [-0.15, -0.1) is 0 Å². The van der Waals surface area contributed by atoms with Crippen molar-refractivity contribution < 1.29 is 14.6 Å². The Morgan fingerprint density at radius 3 is 2.25 bits per heavy atom. The molecule has 0 saturated heterocycles. The minimum atomic E-state index is -0.934. The maximum Gasteiger partial charge on any atom is 0.335 e.